The summed E-state index contributed by atoms with van der Waals surface area (Å²) >= 11 is 0. The molecule has 1 heterocycles. The molecule has 2 atom stereocenters. The second-order valence-corrected chi connectivity index (χ2v) is 5.85. The Hall–Kier alpha value is -0.920. The van der Waals surface area contributed by atoms with Crippen molar-refractivity contribution in [2.45, 2.75) is 65.5 Å². The highest BCUT2D eigenvalue weighted by Gasteiger charge is 2.14. The van der Waals surface area contributed by atoms with Crippen molar-refractivity contribution < 1.29 is 0 Å². The fourth-order valence-electron chi connectivity index (χ4n) is 1.98. The Morgan fingerprint density at radius 1 is 0.722 bits per heavy atom. The third-order valence-corrected chi connectivity index (χ3v) is 3.49. The standard InChI is InChI=1S/C16H28N2/c1-13(2)15-11-9-7-5-6-8-10-12-16(14(3)4)18-17-15/h7-10,13-16H,5-6,11-12H2,1-4H3. The normalized spacial score (nSPS) is 26.3. The van der Waals surface area contributed by atoms with Crippen molar-refractivity contribution in [3.05, 3.63) is 24.3 Å². The van der Waals surface area contributed by atoms with Gasteiger partial charge >= 0.3 is 0 Å². The molecule has 0 spiro atoms. The lowest BCUT2D eigenvalue weighted by Gasteiger charge is -2.17. The lowest BCUT2D eigenvalue weighted by atomic mass is 10.00. The van der Waals surface area contributed by atoms with Crippen molar-refractivity contribution in [3.8, 4) is 0 Å². The molecule has 0 aromatic rings. The second-order valence-electron chi connectivity index (χ2n) is 5.85. The largest absolute Gasteiger partial charge is 0.190 e. The number of azo groups is 1. The molecule has 0 aliphatic carbocycles. The van der Waals surface area contributed by atoms with Gasteiger partial charge in [-0.15, -0.1) is 0 Å². The first-order valence-corrected chi connectivity index (χ1v) is 7.31. The summed E-state index contributed by atoms with van der Waals surface area (Å²) in [6, 6.07) is 0.678. The van der Waals surface area contributed by atoms with Crippen LogP contribution in [0.25, 0.3) is 0 Å². The zero-order valence-electron chi connectivity index (χ0n) is 12.3. The van der Waals surface area contributed by atoms with Gasteiger partial charge in [0, 0.05) is 0 Å². The smallest absolute Gasteiger partial charge is 0.0765 e. The summed E-state index contributed by atoms with van der Waals surface area (Å²) in [5, 5.41) is 9.20. The van der Waals surface area contributed by atoms with Crippen LogP contribution in [-0.4, -0.2) is 12.1 Å². The summed E-state index contributed by atoms with van der Waals surface area (Å²) in [5.74, 6) is 1.12. The molecule has 2 nitrogen and oxygen atoms in total. The molecule has 0 fully saturated rings. The summed E-state index contributed by atoms with van der Waals surface area (Å²) in [7, 11) is 0. The van der Waals surface area contributed by atoms with E-state index in [4.69, 9.17) is 0 Å². The highest BCUT2D eigenvalue weighted by molar-refractivity contribution is 4.93. The summed E-state index contributed by atoms with van der Waals surface area (Å²) in [5.41, 5.74) is 0. The summed E-state index contributed by atoms with van der Waals surface area (Å²) < 4.78 is 0. The fraction of sp³-hybridized carbons (Fsp3) is 0.750. The Labute approximate surface area is 112 Å². The molecule has 1 rings (SSSR count). The van der Waals surface area contributed by atoms with Crippen molar-refractivity contribution in [2.24, 2.45) is 22.1 Å². The quantitative estimate of drug-likeness (QED) is 0.602. The monoisotopic (exact) mass is 248 g/mol. The van der Waals surface area contributed by atoms with E-state index in [1.807, 2.05) is 0 Å². The molecule has 0 radical (unpaired) electrons. The van der Waals surface area contributed by atoms with Crippen LogP contribution in [0.1, 0.15) is 53.4 Å². The molecular weight excluding hydrogens is 220 g/mol. The van der Waals surface area contributed by atoms with Crippen LogP contribution >= 0.6 is 0 Å². The minimum atomic E-state index is 0.339. The van der Waals surface area contributed by atoms with Crippen LogP contribution in [0.2, 0.25) is 0 Å². The van der Waals surface area contributed by atoms with Gasteiger partial charge < -0.3 is 0 Å². The van der Waals surface area contributed by atoms with Crippen LogP contribution in [0, 0.1) is 11.8 Å². The molecule has 0 saturated carbocycles. The van der Waals surface area contributed by atoms with Gasteiger partial charge in [0.15, 0.2) is 0 Å². The molecular formula is C16H28N2. The van der Waals surface area contributed by atoms with Gasteiger partial charge in [0.2, 0.25) is 0 Å². The lowest BCUT2D eigenvalue weighted by molar-refractivity contribution is 0.426. The third-order valence-electron chi connectivity index (χ3n) is 3.49. The van der Waals surface area contributed by atoms with Crippen molar-refractivity contribution in [1.29, 1.82) is 0 Å². The first-order chi connectivity index (χ1) is 8.61. The van der Waals surface area contributed by atoms with E-state index < -0.39 is 0 Å². The van der Waals surface area contributed by atoms with E-state index >= 15 is 0 Å². The molecule has 0 amide bonds. The Kier molecular flexibility index (Phi) is 6.92. The Morgan fingerprint density at radius 3 is 1.44 bits per heavy atom. The molecule has 1 aliphatic heterocycles. The van der Waals surface area contributed by atoms with E-state index in [0.29, 0.717) is 23.9 Å². The highest BCUT2D eigenvalue weighted by Crippen LogP contribution is 2.18. The average molecular weight is 248 g/mol. The number of allylic oxidation sites excluding steroid dienone is 2. The van der Waals surface area contributed by atoms with E-state index in [1.165, 1.54) is 0 Å². The Morgan fingerprint density at radius 2 is 1.11 bits per heavy atom. The SMILES string of the molecule is CC(C)C1CC=CCCC=CCC(C(C)C)N=N1. The molecule has 0 aromatic heterocycles. The van der Waals surface area contributed by atoms with E-state index in [2.05, 4.69) is 62.2 Å². The van der Waals surface area contributed by atoms with Gasteiger partial charge in [0.25, 0.3) is 0 Å². The van der Waals surface area contributed by atoms with Crippen molar-refractivity contribution in [3.63, 3.8) is 0 Å². The summed E-state index contributed by atoms with van der Waals surface area (Å²) in [6.45, 7) is 8.92. The first kappa shape index (κ1) is 15.1. The lowest BCUT2D eigenvalue weighted by Crippen LogP contribution is -2.15. The molecule has 0 N–H and O–H groups in total. The van der Waals surface area contributed by atoms with E-state index in [0.717, 1.165) is 25.7 Å². The van der Waals surface area contributed by atoms with Gasteiger partial charge in [-0.3, -0.25) is 0 Å². The molecule has 0 bridgehead atoms. The second kappa shape index (κ2) is 8.23. The van der Waals surface area contributed by atoms with Crippen LogP contribution in [0.15, 0.2) is 34.5 Å². The van der Waals surface area contributed by atoms with Gasteiger partial charge in [0.05, 0.1) is 12.1 Å². The van der Waals surface area contributed by atoms with Gasteiger partial charge in [-0.1, -0.05) is 52.0 Å². The van der Waals surface area contributed by atoms with Crippen LogP contribution in [0.5, 0.6) is 0 Å². The van der Waals surface area contributed by atoms with Crippen LogP contribution in [-0.2, 0) is 0 Å². The topological polar surface area (TPSA) is 24.7 Å². The van der Waals surface area contributed by atoms with E-state index in [-0.39, 0.29) is 0 Å². The average Bonchev–Trinajstić information content (AvgIpc) is 2.28. The Balaban J connectivity index is 2.78. The summed E-state index contributed by atoms with van der Waals surface area (Å²) in [4.78, 5) is 0. The number of hydrogen-bond acceptors (Lipinski definition) is 2. The molecule has 1 aliphatic rings. The molecule has 102 valence electrons. The van der Waals surface area contributed by atoms with Gasteiger partial charge in [-0.05, 0) is 37.5 Å². The van der Waals surface area contributed by atoms with Crippen molar-refractivity contribution in [2.75, 3.05) is 0 Å². The molecule has 2 heteroatoms. The van der Waals surface area contributed by atoms with Gasteiger partial charge in [-0.2, -0.15) is 10.2 Å². The van der Waals surface area contributed by atoms with E-state index in [9.17, 15) is 0 Å². The maximum atomic E-state index is 4.60. The van der Waals surface area contributed by atoms with Crippen molar-refractivity contribution in [1.82, 2.24) is 0 Å². The van der Waals surface area contributed by atoms with E-state index in [1.54, 1.807) is 0 Å². The zero-order valence-corrected chi connectivity index (χ0v) is 12.3. The number of rotatable bonds is 2. The Bertz CT molecular complexity index is 270. The first-order valence-electron chi connectivity index (χ1n) is 7.31. The zero-order chi connectivity index (χ0) is 13.4. The molecule has 2 unspecified atom stereocenters. The van der Waals surface area contributed by atoms with Crippen LogP contribution < -0.4 is 0 Å². The minimum absolute atomic E-state index is 0.339. The minimum Gasteiger partial charge on any atom is -0.190 e. The third kappa shape index (κ3) is 5.61. The fourth-order valence-corrected chi connectivity index (χ4v) is 1.98. The number of hydrogen-bond donors (Lipinski definition) is 0. The van der Waals surface area contributed by atoms with Gasteiger partial charge in [-0.25, -0.2) is 0 Å². The maximum Gasteiger partial charge on any atom is 0.0765 e. The van der Waals surface area contributed by atoms with Gasteiger partial charge in [0.1, 0.15) is 0 Å². The maximum absolute atomic E-state index is 4.60. The molecule has 0 saturated heterocycles. The molecule has 18 heavy (non-hydrogen) atoms. The van der Waals surface area contributed by atoms with Crippen molar-refractivity contribution >= 4 is 0 Å². The highest BCUT2D eigenvalue weighted by atomic mass is 15.1. The predicted octanol–water partition coefficient (Wildman–Crippen LogP) is 5.17. The van der Waals surface area contributed by atoms with Crippen LogP contribution in [0.4, 0.5) is 0 Å². The predicted molar refractivity (Wildman–Crippen MR) is 78.9 cm³/mol. The summed E-state index contributed by atoms with van der Waals surface area (Å²) in [6.07, 6.45) is 13.4. The molecule has 0 aromatic carbocycles. The van der Waals surface area contributed by atoms with Crippen LogP contribution in [0.3, 0.4) is 0 Å². The number of nitrogens with zero attached hydrogens (tertiary/aromatic N) is 2.